The molecular formula is C22H27N5O2. The molecule has 0 saturated heterocycles. The van der Waals surface area contributed by atoms with Crippen LogP contribution in [0.4, 0.5) is 0 Å². The molecule has 0 spiro atoms. The van der Waals surface area contributed by atoms with Gasteiger partial charge >= 0.3 is 0 Å². The fourth-order valence-electron chi connectivity index (χ4n) is 3.37. The van der Waals surface area contributed by atoms with Crippen molar-refractivity contribution in [2.75, 3.05) is 26.7 Å². The molecule has 0 saturated carbocycles. The molecule has 0 bridgehead atoms. The number of fused-ring (bicyclic) bond motifs is 1. The van der Waals surface area contributed by atoms with Gasteiger partial charge in [-0.3, -0.25) is 9.59 Å². The fraction of sp³-hybridized carbons (Fsp3) is 0.364. The molecule has 152 valence electrons. The number of benzene rings is 1. The summed E-state index contributed by atoms with van der Waals surface area (Å²) in [6.07, 6.45) is 1.67. The number of nitrogens with zero attached hydrogens (tertiary/aromatic N) is 5. The molecule has 0 aliphatic carbocycles. The molecule has 3 aromatic rings. The van der Waals surface area contributed by atoms with Crippen LogP contribution in [0.5, 0.6) is 0 Å². The number of carbonyl (C=O) groups is 2. The Balaban J connectivity index is 2.02. The minimum Gasteiger partial charge on any atom is -0.342 e. The molecule has 0 N–H and O–H groups in total. The molecule has 0 fully saturated rings. The number of hydrogen-bond donors (Lipinski definition) is 0. The van der Waals surface area contributed by atoms with Gasteiger partial charge in [0.15, 0.2) is 5.65 Å². The smallest absolute Gasteiger partial charge is 0.254 e. The molecule has 0 aliphatic heterocycles. The summed E-state index contributed by atoms with van der Waals surface area (Å²) in [6.45, 7) is 7.78. The Morgan fingerprint density at radius 2 is 1.76 bits per heavy atom. The first-order valence-corrected chi connectivity index (χ1v) is 9.95. The Morgan fingerprint density at radius 1 is 1.07 bits per heavy atom. The molecule has 1 aromatic carbocycles. The number of amides is 2. The topological polar surface area (TPSA) is 71.3 Å². The molecule has 2 amide bonds. The van der Waals surface area contributed by atoms with Crippen molar-refractivity contribution in [3.63, 3.8) is 0 Å². The SMILES string of the molecule is CCN(CC)C(=O)CN(C)C(=O)c1cc(-c2ccccc2)nc2c1cnn2CC. The number of pyridine rings is 1. The van der Waals surface area contributed by atoms with E-state index in [1.54, 1.807) is 28.9 Å². The minimum absolute atomic E-state index is 0.0346. The minimum atomic E-state index is -0.217. The third kappa shape index (κ3) is 4.13. The lowest BCUT2D eigenvalue weighted by Gasteiger charge is -2.23. The van der Waals surface area contributed by atoms with Gasteiger partial charge in [0.05, 0.1) is 29.4 Å². The molecule has 29 heavy (non-hydrogen) atoms. The largest absolute Gasteiger partial charge is 0.342 e. The van der Waals surface area contributed by atoms with E-state index in [9.17, 15) is 9.59 Å². The normalized spacial score (nSPS) is 10.9. The second-order valence-corrected chi connectivity index (χ2v) is 6.85. The van der Waals surface area contributed by atoms with Crippen molar-refractivity contribution in [1.29, 1.82) is 0 Å². The van der Waals surface area contributed by atoms with Crippen LogP contribution < -0.4 is 0 Å². The standard InChI is InChI=1S/C22H27N5O2/c1-5-26(6-2)20(28)15-25(4)22(29)17-13-19(16-11-9-8-10-12-16)24-21-18(17)14-23-27(21)7-3/h8-14H,5-7,15H2,1-4H3. The summed E-state index contributed by atoms with van der Waals surface area (Å²) in [6, 6.07) is 11.5. The van der Waals surface area contributed by atoms with Crippen molar-refractivity contribution in [2.45, 2.75) is 27.3 Å². The van der Waals surface area contributed by atoms with E-state index < -0.39 is 0 Å². The summed E-state index contributed by atoms with van der Waals surface area (Å²) in [7, 11) is 1.66. The van der Waals surface area contributed by atoms with Gasteiger partial charge in [-0.1, -0.05) is 30.3 Å². The third-order valence-corrected chi connectivity index (χ3v) is 5.04. The van der Waals surface area contributed by atoms with E-state index in [1.807, 2.05) is 51.1 Å². The van der Waals surface area contributed by atoms with Crippen LogP contribution in [-0.2, 0) is 11.3 Å². The third-order valence-electron chi connectivity index (χ3n) is 5.04. The van der Waals surface area contributed by atoms with Crippen molar-refractivity contribution in [2.24, 2.45) is 0 Å². The zero-order valence-electron chi connectivity index (χ0n) is 17.4. The van der Waals surface area contributed by atoms with Crippen molar-refractivity contribution in [3.8, 4) is 11.3 Å². The van der Waals surface area contributed by atoms with E-state index in [2.05, 4.69) is 5.10 Å². The van der Waals surface area contributed by atoms with E-state index in [0.29, 0.717) is 41.9 Å². The lowest BCUT2D eigenvalue weighted by atomic mass is 10.1. The van der Waals surface area contributed by atoms with Crippen molar-refractivity contribution in [3.05, 3.63) is 48.2 Å². The first-order valence-electron chi connectivity index (χ1n) is 9.95. The predicted molar refractivity (Wildman–Crippen MR) is 114 cm³/mol. The Hall–Kier alpha value is -3.22. The Morgan fingerprint density at radius 3 is 2.38 bits per heavy atom. The summed E-state index contributed by atoms with van der Waals surface area (Å²) in [5.41, 5.74) is 2.80. The predicted octanol–water partition coefficient (Wildman–Crippen LogP) is 3.06. The average Bonchev–Trinajstić information content (AvgIpc) is 3.17. The zero-order chi connectivity index (χ0) is 21.0. The molecule has 0 aliphatic rings. The zero-order valence-corrected chi connectivity index (χ0v) is 17.4. The first kappa shape index (κ1) is 20.5. The molecule has 0 atom stereocenters. The van der Waals surface area contributed by atoms with Gasteiger partial charge in [0.2, 0.25) is 5.91 Å². The number of carbonyl (C=O) groups excluding carboxylic acids is 2. The Kier molecular flexibility index (Phi) is 6.26. The number of aryl methyl sites for hydroxylation is 1. The summed E-state index contributed by atoms with van der Waals surface area (Å²) >= 11 is 0. The summed E-state index contributed by atoms with van der Waals surface area (Å²) < 4.78 is 1.78. The maximum Gasteiger partial charge on any atom is 0.254 e. The maximum atomic E-state index is 13.3. The highest BCUT2D eigenvalue weighted by molar-refractivity contribution is 6.07. The second kappa shape index (κ2) is 8.86. The van der Waals surface area contributed by atoms with Crippen LogP contribution in [0.15, 0.2) is 42.6 Å². The molecule has 0 unspecified atom stereocenters. The van der Waals surface area contributed by atoms with Gasteiger partial charge in [0.25, 0.3) is 5.91 Å². The maximum absolute atomic E-state index is 13.3. The van der Waals surface area contributed by atoms with Crippen LogP contribution in [0, 0.1) is 0 Å². The van der Waals surface area contributed by atoms with Gasteiger partial charge in [0, 0.05) is 32.2 Å². The molecule has 7 heteroatoms. The van der Waals surface area contributed by atoms with Crippen molar-refractivity contribution >= 4 is 22.8 Å². The summed E-state index contributed by atoms with van der Waals surface area (Å²) in [5.74, 6) is -0.283. The quantitative estimate of drug-likeness (QED) is 0.619. The van der Waals surface area contributed by atoms with E-state index in [0.717, 1.165) is 5.56 Å². The molecule has 7 nitrogen and oxygen atoms in total. The Bertz CT molecular complexity index is 1010. The molecule has 3 rings (SSSR count). The molecule has 2 heterocycles. The van der Waals surface area contributed by atoms with Crippen molar-refractivity contribution in [1.82, 2.24) is 24.6 Å². The monoisotopic (exact) mass is 393 g/mol. The summed E-state index contributed by atoms with van der Waals surface area (Å²) in [4.78, 5) is 33.7. The highest BCUT2D eigenvalue weighted by Gasteiger charge is 2.22. The van der Waals surface area contributed by atoms with Crippen LogP contribution in [0.1, 0.15) is 31.1 Å². The van der Waals surface area contributed by atoms with Crippen LogP contribution >= 0.6 is 0 Å². The molecule has 0 radical (unpaired) electrons. The highest BCUT2D eigenvalue weighted by Crippen LogP contribution is 2.25. The van der Waals surface area contributed by atoms with Gasteiger partial charge in [-0.2, -0.15) is 5.10 Å². The average molecular weight is 393 g/mol. The second-order valence-electron chi connectivity index (χ2n) is 6.85. The first-order chi connectivity index (χ1) is 14.0. The number of aromatic nitrogens is 3. The van der Waals surface area contributed by atoms with E-state index in [1.165, 1.54) is 4.90 Å². The van der Waals surface area contributed by atoms with Gasteiger partial charge < -0.3 is 9.80 Å². The molecule has 2 aromatic heterocycles. The van der Waals surface area contributed by atoms with Gasteiger partial charge in [-0.25, -0.2) is 9.67 Å². The van der Waals surface area contributed by atoms with E-state index >= 15 is 0 Å². The number of hydrogen-bond acceptors (Lipinski definition) is 4. The summed E-state index contributed by atoms with van der Waals surface area (Å²) in [5, 5.41) is 5.07. The molecular weight excluding hydrogens is 366 g/mol. The lowest BCUT2D eigenvalue weighted by Crippen LogP contribution is -2.41. The van der Waals surface area contributed by atoms with Gasteiger partial charge in [0.1, 0.15) is 0 Å². The lowest BCUT2D eigenvalue weighted by molar-refractivity contribution is -0.131. The van der Waals surface area contributed by atoms with Crippen molar-refractivity contribution < 1.29 is 9.59 Å². The van der Waals surface area contributed by atoms with Gasteiger partial charge in [-0.15, -0.1) is 0 Å². The van der Waals surface area contributed by atoms with Crippen LogP contribution in [0.3, 0.4) is 0 Å². The Labute approximate surface area is 170 Å². The van der Waals surface area contributed by atoms with E-state index in [-0.39, 0.29) is 18.4 Å². The van der Waals surface area contributed by atoms with Crippen LogP contribution in [-0.4, -0.2) is 63.1 Å². The highest BCUT2D eigenvalue weighted by atomic mass is 16.2. The van der Waals surface area contributed by atoms with E-state index in [4.69, 9.17) is 4.98 Å². The van der Waals surface area contributed by atoms with Gasteiger partial charge in [-0.05, 0) is 26.8 Å². The number of rotatable bonds is 7. The number of likely N-dealkylation sites (N-methyl/N-ethyl adjacent to an activating group) is 2. The van der Waals surface area contributed by atoms with Crippen LogP contribution in [0.25, 0.3) is 22.3 Å². The fourth-order valence-corrected chi connectivity index (χ4v) is 3.37. The van der Waals surface area contributed by atoms with Crippen LogP contribution in [0.2, 0.25) is 0 Å².